The average molecular weight is 272 g/mol. The second-order valence-electron chi connectivity index (χ2n) is 4.34. The Labute approximate surface area is 113 Å². The van der Waals surface area contributed by atoms with E-state index in [9.17, 15) is 9.90 Å². The van der Waals surface area contributed by atoms with Gasteiger partial charge in [-0.25, -0.2) is 9.78 Å². The van der Waals surface area contributed by atoms with E-state index in [0.717, 1.165) is 5.56 Å². The quantitative estimate of drug-likeness (QED) is 0.753. The summed E-state index contributed by atoms with van der Waals surface area (Å²) in [5.41, 5.74) is 2.19. The summed E-state index contributed by atoms with van der Waals surface area (Å²) >= 11 is 0. The number of anilines is 1. The summed E-state index contributed by atoms with van der Waals surface area (Å²) in [4.78, 5) is 15.4. The molecule has 3 aromatic heterocycles. The average Bonchev–Trinajstić information content (AvgIpc) is 3.06. The fourth-order valence-electron chi connectivity index (χ4n) is 2.03. The van der Waals surface area contributed by atoms with Crippen molar-refractivity contribution in [2.75, 3.05) is 5.32 Å². The number of carboxylic acid groups (broad SMARTS) is 1. The highest BCUT2D eigenvalue weighted by Gasteiger charge is 2.16. The van der Waals surface area contributed by atoms with Crippen LogP contribution in [0.15, 0.2) is 35.4 Å². The van der Waals surface area contributed by atoms with Crippen molar-refractivity contribution in [2.24, 2.45) is 7.05 Å². The number of rotatable bonds is 4. The number of hydrogen-bond donors (Lipinski definition) is 2. The van der Waals surface area contributed by atoms with Gasteiger partial charge in [0.25, 0.3) is 0 Å². The van der Waals surface area contributed by atoms with E-state index >= 15 is 0 Å². The lowest BCUT2D eigenvalue weighted by Crippen LogP contribution is -2.07. The van der Waals surface area contributed by atoms with Gasteiger partial charge >= 0.3 is 5.97 Å². The molecule has 3 aromatic rings. The topological polar surface area (TPSA) is 93.2 Å². The lowest BCUT2D eigenvalue weighted by Gasteiger charge is -2.09. The second kappa shape index (κ2) is 4.69. The molecule has 0 fully saturated rings. The van der Waals surface area contributed by atoms with Gasteiger partial charge in [-0.15, -0.1) is 0 Å². The molecule has 7 nitrogen and oxygen atoms in total. The monoisotopic (exact) mass is 272 g/mol. The second-order valence-corrected chi connectivity index (χ2v) is 4.34. The molecule has 0 atom stereocenters. The van der Waals surface area contributed by atoms with Crippen LogP contribution < -0.4 is 5.32 Å². The highest BCUT2D eigenvalue weighted by atomic mass is 16.4. The number of carbonyl (C=O) groups is 1. The van der Waals surface area contributed by atoms with Gasteiger partial charge in [0.2, 0.25) is 0 Å². The minimum absolute atomic E-state index is 0.119. The summed E-state index contributed by atoms with van der Waals surface area (Å²) in [7, 11) is 1.76. The van der Waals surface area contributed by atoms with E-state index in [1.54, 1.807) is 30.5 Å². The maximum absolute atomic E-state index is 11.3. The molecule has 20 heavy (non-hydrogen) atoms. The number of carboxylic acids is 1. The fourth-order valence-corrected chi connectivity index (χ4v) is 2.03. The Morgan fingerprint density at radius 2 is 2.35 bits per heavy atom. The number of nitrogens with one attached hydrogen (secondary N) is 1. The smallest absolute Gasteiger partial charge is 0.339 e. The van der Waals surface area contributed by atoms with Crippen LogP contribution in [0.4, 0.5) is 5.69 Å². The lowest BCUT2D eigenvalue weighted by molar-refractivity contribution is 0.0697. The fraction of sp³-hybridized carbons (Fsp3) is 0.154. The number of hydrogen-bond acceptors (Lipinski definition) is 5. The van der Waals surface area contributed by atoms with Crippen LogP contribution in [-0.2, 0) is 13.6 Å². The van der Waals surface area contributed by atoms with E-state index < -0.39 is 5.97 Å². The maximum atomic E-state index is 11.3. The van der Waals surface area contributed by atoms with Gasteiger partial charge in [-0.05, 0) is 6.07 Å². The van der Waals surface area contributed by atoms with Crippen LogP contribution in [0.5, 0.6) is 0 Å². The van der Waals surface area contributed by atoms with Gasteiger partial charge in [0.1, 0.15) is 5.56 Å². The van der Waals surface area contributed by atoms with E-state index in [0.29, 0.717) is 23.3 Å². The first-order valence-corrected chi connectivity index (χ1v) is 5.96. The van der Waals surface area contributed by atoms with E-state index in [2.05, 4.69) is 15.4 Å². The Morgan fingerprint density at radius 3 is 3.05 bits per heavy atom. The molecule has 102 valence electrons. The molecule has 3 heterocycles. The van der Waals surface area contributed by atoms with Gasteiger partial charge in [-0.1, -0.05) is 0 Å². The van der Waals surface area contributed by atoms with Gasteiger partial charge in [0.15, 0.2) is 5.65 Å². The molecule has 0 aromatic carbocycles. The number of aryl methyl sites for hydroxylation is 1. The minimum Gasteiger partial charge on any atom is -0.478 e. The maximum Gasteiger partial charge on any atom is 0.339 e. The van der Waals surface area contributed by atoms with Crippen LogP contribution in [0.25, 0.3) is 11.0 Å². The van der Waals surface area contributed by atoms with E-state index in [-0.39, 0.29) is 5.56 Å². The van der Waals surface area contributed by atoms with Crippen LogP contribution in [0.3, 0.4) is 0 Å². The molecule has 2 N–H and O–H groups in total. The third kappa shape index (κ3) is 1.99. The van der Waals surface area contributed by atoms with Crippen molar-refractivity contribution >= 4 is 22.7 Å². The van der Waals surface area contributed by atoms with Crippen molar-refractivity contribution in [3.05, 3.63) is 42.1 Å². The Morgan fingerprint density at radius 1 is 1.50 bits per heavy atom. The summed E-state index contributed by atoms with van der Waals surface area (Å²) < 4.78 is 6.59. The summed E-state index contributed by atoms with van der Waals surface area (Å²) in [6.45, 7) is 0.463. The van der Waals surface area contributed by atoms with Crippen molar-refractivity contribution in [3.8, 4) is 0 Å². The van der Waals surface area contributed by atoms with Gasteiger partial charge in [0.05, 0.1) is 29.8 Å². The minimum atomic E-state index is -1.03. The third-order valence-electron chi connectivity index (χ3n) is 3.04. The van der Waals surface area contributed by atoms with Crippen LogP contribution in [0, 0.1) is 0 Å². The van der Waals surface area contributed by atoms with Gasteiger partial charge in [0, 0.05) is 25.4 Å². The first-order chi connectivity index (χ1) is 9.66. The van der Waals surface area contributed by atoms with E-state index in [1.807, 2.05) is 6.07 Å². The largest absolute Gasteiger partial charge is 0.478 e. The van der Waals surface area contributed by atoms with Crippen LogP contribution in [0.1, 0.15) is 15.9 Å². The van der Waals surface area contributed by atoms with Crippen molar-refractivity contribution in [2.45, 2.75) is 6.54 Å². The van der Waals surface area contributed by atoms with Gasteiger partial charge in [-0.3, -0.25) is 4.68 Å². The molecule has 0 bridgehead atoms. The highest BCUT2D eigenvalue weighted by Crippen LogP contribution is 2.26. The van der Waals surface area contributed by atoms with Crippen molar-refractivity contribution in [3.63, 3.8) is 0 Å². The number of aromatic nitrogens is 3. The summed E-state index contributed by atoms with van der Waals surface area (Å²) in [5, 5.41) is 17.2. The number of fused-ring (bicyclic) bond motifs is 1. The molecule has 0 saturated heterocycles. The number of pyridine rings is 1. The molecule has 0 aliphatic rings. The predicted molar refractivity (Wildman–Crippen MR) is 71.5 cm³/mol. The SMILES string of the molecule is Cn1ncc2c(NCc3ccoc3)c(C(=O)O)cnc21. The van der Waals surface area contributed by atoms with E-state index in [4.69, 9.17) is 4.42 Å². The van der Waals surface area contributed by atoms with Crippen LogP contribution in [0.2, 0.25) is 0 Å². The Bertz CT molecular complexity index is 761. The molecule has 7 heteroatoms. The Balaban J connectivity index is 2.05. The zero-order chi connectivity index (χ0) is 14.1. The molecule has 0 amide bonds. The first-order valence-electron chi connectivity index (χ1n) is 5.96. The molecule has 3 rings (SSSR count). The third-order valence-corrected chi connectivity index (χ3v) is 3.04. The predicted octanol–water partition coefficient (Wildman–Crippen LogP) is 1.87. The molecule has 0 aliphatic heterocycles. The van der Waals surface area contributed by atoms with Gasteiger partial charge in [-0.2, -0.15) is 5.10 Å². The Hall–Kier alpha value is -2.83. The molecule has 0 radical (unpaired) electrons. The lowest BCUT2D eigenvalue weighted by atomic mass is 10.1. The number of furan rings is 1. The normalized spacial score (nSPS) is 10.8. The van der Waals surface area contributed by atoms with Gasteiger partial charge < -0.3 is 14.8 Å². The molecular weight excluding hydrogens is 260 g/mol. The van der Waals surface area contributed by atoms with Crippen LogP contribution in [-0.4, -0.2) is 25.8 Å². The standard InChI is InChI=1S/C13H12N4O3/c1-17-12-9(6-16-17)11(10(5-15-12)13(18)19)14-4-8-2-3-20-7-8/h2-3,5-7H,4H2,1H3,(H,14,15)(H,18,19). The van der Waals surface area contributed by atoms with Crippen molar-refractivity contribution < 1.29 is 14.3 Å². The molecule has 0 aliphatic carbocycles. The molecular formula is C13H12N4O3. The first kappa shape index (κ1) is 12.2. The zero-order valence-electron chi connectivity index (χ0n) is 10.7. The highest BCUT2D eigenvalue weighted by molar-refractivity contribution is 6.03. The molecule has 0 spiro atoms. The van der Waals surface area contributed by atoms with Crippen molar-refractivity contribution in [1.29, 1.82) is 0 Å². The number of nitrogens with zero attached hydrogens (tertiary/aromatic N) is 3. The Kier molecular flexibility index (Phi) is 2.86. The van der Waals surface area contributed by atoms with E-state index in [1.165, 1.54) is 6.20 Å². The summed E-state index contributed by atoms with van der Waals surface area (Å²) in [5.74, 6) is -1.03. The molecule has 0 saturated carbocycles. The van der Waals surface area contributed by atoms with Crippen molar-refractivity contribution in [1.82, 2.24) is 14.8 Å². The molecule has 0 unspecified atom stereocenters. The zero-order valence-corrected chi connectivity index (χ0v) is 10.7. The summed E-state index contributed by atoms with van der Waals surface area (Å²) in [6.07, 6.45) is 6.12. The summed E-state index contributed by atoms with van der Waals surface area (Å²) in [6, 6.07) is 1.81. The van der Waals surface area contributed by atoms with Crippen LogP contribution >= 0.6 is 0 Å². The number of aromatic carboxylic acids is 1.